The van der Waals surface area contributed by atoms with Crippen LogP contribution in [-0.4, -0.2) is 24.3 Å². The molecule has 1 heterocycles. The number of phenols is 1. The van der Waals surface area contributed by atoms with Crippen LogP contribution in [0.15, 0.2) is 72.8 Å². The Labute approximate surface area is 170 Å². The predicted octanol–water partition coefficient (Wildman–Crippen LogP) is 4.81. The number of esters is 1. The van der Waals surface area contributed by atoms with Crippen LogP contribution in [0.5, 0.6) is 11.5 Å². The van der Waals surface area contributed by atoms with E-state index in [1.54, 1.807) is 12.1 Å². The highest BCUT2D eigenvalue weighted by Crippen LogP contribution is 2.46. The quantitative estimate of drug-likeness (QED) is 0.638. The number of rotatable bonds is 5. The average molecular weight is 388 g/mol. The maximum atomic E-state index is 11.8. The molecule has 148 valence electrons. The summed E-state index contributed by atoms with van der Waals surface area (Å²) in [7, 11) is 0. The van der Waals surface area contributed by atoms with Gasteiger partial charge in [0.25, 0.3) is 0 Å². The summed E-state index contributed by atoms with van der Waals surface area (Å²) in [4.78, 5) is 11.8. The van der Waals surface area contributed by atoms with Crippen LogP contribution in [-0.2, 0) is 16.0 Å². The Kier molecular flexibility index (Phi) is 5.52. The van der Waals surface area contributed by atoms with E-state index >= 15 is 0 Å². The maximum Gasteiger partial charge on any atom is 0.310 e. The zero-order valence-corrected chi connectivity index (χ0v) is 16.4. The van der Waals surface area contributed by atoms with E-state index in [-0.39, 0.29) is 30.0 Å². The van der Waals surface area contributed by atoms with E-state index in [1.165, 1.54) is 5.56 Å². The standard InChI is InChI=1S/C25H24O4/c1-2-28-24(27)14-17-8-10-19(11-9-17)25-21-15-20(26)12-13-23(21)29-16-22(25)18-6-4-3-5-7-18/h3-13,15,22,25-26H,2,14,16H2,1H3/t22-,25-/m1/s1. The second-order valence-electron chi connectivity index (χ2n) is 7.25. The zero-order chi connectivity index (χ0) is 20.2. The van der Waals surface area contributed by atoms with Gasteiger partial charge in [0.15, 0.2) is 0 Å². The third-order valence-electron chi connectivity index (χ3n) is 5.37. The van der Waals surface area contributed by atoms with Gasteiger partial charge in [-0.15, -0.1) is 0 Å². The molecule has 4 heteroatoms. The summed E-state index contributed by atoms with van der Waals surface area (Å²) in [6.07, 6.45) is 0.265. The Balaban J connectivity index is 1.71. The van der Waals surface area contributed by atoms with Gasteiger partial charge in [0.05, 0.1) is 19.6 Å². The molecule has 2 atom stereocenters. The molecular weight excluding hydrogens is 364 g/mol. The molecule has 4 nitrogen and oxygen atoms in total. The molecule has 1 aliphatic heterocycles. The molecule has 0 saturated carbocycles. The van der Waals surface area contributed by atoms with Crippen LogP contribution in [0.1, 0.15) is 41.0 Å². The van der Waals surface area contributed by atoms with Crippen LogP contribution in [0.4, 0.5) is 0 Å². The lowest BCUT2D eigenvalue weighted by Crippen LogP contribution is -2.25. The summed E-state index contributed by atoms with van der Waals surface area (Å²) in [6, 6.07) is 23.7. The Hall–Kier alpha value is -3.27. The van der Waals surface area contributed by atoms with Crippen LogP contribution >= 0.6 is 0 Å². The summed E-state index contributed by atoms with van der Waals surface area (Å²) in [6.45, 7) is 2.76. The second kappa shape index (κ2) is 8.39. The fourth-order valence-corrected chi connectivity index (χ4v) is 4.03. The molecule has 0 bridgehead atoms. The van der Waals surface area contributed by atoms with E-state index in [1.807, 2.05) is 43.3 Å². The molecular formula is C25H24O4. The monoisotopic (exact) mass is 388 g/mol. The predicted molar refractivity (Wildman–Crippen MR) is 111 cm³/mol. The summed E-state index contributed by atoms with van der Waals surface area (Å²) >= 11 is 0. The minimum Gasteiger partial charge on any atom is -0.508 e. The summed E-state index contributed by atoms with van der Waals surface area (Å²) in [5, 5.41) is 10.1. The molecule has 0 radical (unpaired) electrons. The number of carbonyl (C=O) groups is 1. The number of hydrogen-bond acceptors (Lipinski definition) is 4. The van der Waals surface area contributed by atoms with Crippen molar-refractivity contribution in [3.8, 4) is 11.5 Å². The molecule has 0 unspecified atom stereocenters. The van der Waals surface area contributed by atoms with Gasteiger partial charge in [-0.1, -0.05) is 54.6 Å². The maximum absolute atomic E-state index is 11.8. The SMILES string of the molecule is CCOC(=O)Cc1ccc([C@@H]2c3cc(O)ccc3OC[C@@H]2c2ccccc2)cc1. The first-order chi connectivity index (χ1) is 14.2. The van der Waals surface area contributed by atoms with Gasteiger partial charge in [0, 0.05) is 17.4 Å². The van der Waals surface area contributed by atoms with Crippen LogP contribution in [0.3, 0.4) is 0 Å². The lowest BCUT2D eigenvalue weighted by atomic mass is 9.75. The summed E-state index contributed by atoms with van der Waals surface area (Å²) < 4.78 is 11.1. The molecule has 0 saturated heterocycles. The Morgan fingerprint density at radius 3 is 2.52 bits per heavy atom. The third kappa shape index (κ3) is 4.11. The van der Waals surface area contributed by atoms with Crippen molar-refractivity contribution in [1.82, 2.24) is 0 Å². The lowest BCUT2D eigenvalue weighted by molar-refractivity contribution is -0.142. The number of phenolic OH excluding ortho intramolecular Hbond substituents is 1. The van der Waals surface area contributed by atoms with Crippen molar-refractivity contribution >= 4 is 5.97 Å². The van der Waals surface area contributed by atoms with Crippen LogP contribution in [0.2, 0.25) is 0 Å². The Morgan fingerprint density at radius 2 is 1.79 bits per heavy atom. The fraction of sp³-hybridized carbons (Fsp3) is 0.240. The number of ether oxygens (including phenoxy) is 2. The Bertz CT molecular complexity index is 979. The first-order valence-corrected chi connectivity index (χ1v) is 9.91. The van der Waals surface area contributed by atoms with Gasteiger partial charge >= 0.3 is 5.97 Å². The van der Waals surface area contributed by atoms with Crippen LogP contribution in [0.25, 0.3) is 0 Å². The summed E-state index contributed by atoms with van der Waals surface area (Å²) in [5.41, 5.74) is 4.22. The number of aromatic hydroxyl groups is 1. The molecule has 29 heavy (non-hydrogen) atoms. The first-order valence-electron chi connectivity index (χ1n) is 9.91. The highest BCUT2D eigenvalue weighted by atomic mass is 16.5. The fourth-order valence-electron chi connectivity index (χ4n) is 4.03. The molecule has 3 aromatic carbocycles. The van der Waals surface area contributed by atoms with E-state index < -0.39 is 0 Å². The third-order valence-corrected chi connectivity index (χ3v) is 5.37. The number of carbonyl (C=O) groups excluding carboxylic acids is 1. The van der Waals surface area contributed by atoms with Crippen molar-refractivity contribution in [3.63, 3.8) is 0 Å². The average Bonchev–Trinajstić information content (AvgIpc) is 2.74. The molecule has 0 fully saturated rings. The topological polar surface area (TPSA) is 55.8 Å². The number of hydrogen-bond donors (Lipinski definition) is 1. The van der Waals surface area contributed by atoms with Crippen molar-refractivity contribution in [2.45, 2.75) is 25.2 Å². The molecule has 1 aliphatic rings. The largest absolute Gasteiger partial charge is 0.508 e. The van der Waals surface area contributed by atoms with Gasteiger partial charge in [-0.3, -0.25) is 4.79 Å². The molecule has 0 spiro atoms. The Morgan fingerprint density at radius 1 is 1.03 bits per heavy atom. The van der Waals surface area contributed by atoms with Gasteiger partial charge < -0.3 is 14.6 Å². The minimum absolute atomic E-state index is 0.0462. The van der Waals surface area contributed by atoms with Gasteiger partial charge in [-0.05, 0) is 41.8 Å². The smallest absolute Gasteiger partial charge is 0.310 e. The van der Waals surface area contributed by atoms with Gasteiger partial charge in [0.2, 0.25) is 0 Å². The van der Waals surface area contributed by atoms with Gasteiger partial charge in [-0.2, -0.15) is 0 Å². The normalized spacial score (nSPS) is 17.8. The molecule has 0 amide bonds. The van der Waals surface area contributed by atoms with Gasteiger partial charge in [0.1, 0.15) is 11.5 Å². The van der Waals surface area contributed by atoms with E-state index in [2.05, 4.69) is 24.3 Å². The van der Waals surface area contributed by atoms with E-state index in [9.17, 15) is 9.90 Å². The van der Waals surface area contributed by atoms with Crippen molar-refractivity contribution < 1.29 is 19.4 Å². The van der Waals surface area contributed by atoms with Crippen LogP contribution in [0, 0.1) is 0 Å². The highest BCUT2D eigenvalue weighted by Gasteiger charge is 2.33. The number of fused-ring (bicyclic) bond motifs is 1. The van der Waals surface area contributed by atoms with Crippen LogP contribution < -0.4 is 4.74 Å². The summed E-state index contributed by atoms with van der Waals surface area (Å²) in [5.74, 6) is 0.982. The first kappa shape index (κ1) is 19.1. The minimum atomic E-state index is -0.219. The van der Waals surface area contributed by atoms with Gasteiger partial charge in [-0.25, -0.2) is 0 Å². The van der Waals surface area contributed by atoms with E-state index in [0.29, 0.717) is 13.2 Å². The lowest BCUT2D eigenvalue weighted by Gasteiger charge is -2.34. The van der Waals surface area contributed by atoms with Crippen molar-refractivity contribution in [1.29, 1.82) is 0 Å². The van der Waals surface area contributed by atoms with Crippen molar-refractivity contribution in [2.75, 3.05) is 13.2 Å². The zero-order valence-electron chi connectivity index (χ0n) is 16.4. The van der Waals surface area contributed by atoms with E-state index in [0.717, 1.165) is 22.4 Å². The molecule has 0 aromatic heterocycles. The molecule has 3 aromatic rings. The van der Waals surface area contributed by atoms with Crippen molar-refractivity contribution in [3.05, 3.63) is 95.1 Å². The second-order valence-corrected chi connectivity index (χ2v) is 7.25. The molecule has 4 rings (SSSR count). The highest BCUT2D eigenvalue weighted by molar-refractivity contribution is 5.72. The van der Waals surface area contributed by atoms with Crippen molar-refractivity contribution in [2.24, 2.45) is 0 Å². The molecule has 1 N–H and O–H groups in total. The number of benzene rings is 3. The van der Waals surface area contributed by atoms with E-state index in [4.69, 9.17) is 9.47 Å². The molecule has 0 aliphatic carbocycles.